The average Bonchev–Trinajstić information content (AvgIpc) is 3.00. The maximum Gasteiger partial charge on any atom is 0.233 e. The second kappa shape index (κ2) is 6.73. The standard InChI is InChI=1S/C17H18FN3O2/c1-12-6-7-16(20-19-12)23-14-8-9-21(11-14)17(22)10-13-4-2-3-5-15(13)18/h2-7,14H,8-11H2,1H3. The van der Waals surface area contributed by atoms with E-state index in [9.17, 15) is 9.18 Å². The minimum atomic E-state index is -0.345. The highest BCUT2D eigenvalue weighted by molar-refractivity contribution is 5.79. The quantitative estimate of drug-likeness (QED) is 0.867. The van der Waals surface area contributed by atoms with E-state index in [1.807, 2.05) is 13.0 Å². The molecule has 1 unspecified atom stereocenters. The molecule has 3 rings (SSSR count). The first-order valence-corrected chi connectivity index (χ1v) is 7.60. The Hall–Kier alpha value is -2.50. The lowest BCUT2D eigenvalue weighted by Gasteiger charge is -2.17. The predicted octanol–water partition coefficient (Wildman–Crippen LogP) is 2.15. The third kappa shape index (κ3) is 3.83. The normalized spacial score (nSPS) is 17.3. The fraction of sp³-hybridized carbons (Fsp3) is 0.353. The Bertz CT molecular complexity index is 690. The average molecular weight is 315 g/mol. The van der Waals surface area contributed by atoms with Gasteiger partial charge in [-0.1, -0.05) is 18.2 Å². The number of halogens is 1. The van der Waals surface area contributed by atoms with Crippen LogP contribution in [-0.4, -0.2) is 40.2 Å². The highest BCUT2D eigenvalue weighted by atomic mass is 19.1. The summed E-state index contributed by atoms with van der Waals surface area (Å²) in [5, 5.41) is 7.91. The van der Waals surface area contributed by atoms with Crippen LogP contribution >= 0.6 is 0 Å². The van der Waals surface area contributed by atoms with Crippen LogP contribution in [0.4, 0.5) is 4.39 Å². The highest BCUT2D eigenvalue weighted by Gasteiger charge is 2.28. The van der Waals surface area contributed by atoms with E-state index in [-0.39, 0.29) is 24.2 Å². The Morgan fingerprint density at radius 1 is 1.30 bits per heavy atom. The summed E-state index contributed by atoms with van der Waals surface area (Å²) in [5.74, 6) is 0.0305. The van der Waals surface area contributed by atoms with Crippen molar-refractivity contribution in [1.82, 2.24) is 15.1 Å². The first kappa shape index (κ1) is 15.4. The maximum absolute atomic E-state index is 13.6. The van der Waals surface area contributed by atoms with Gasteiger partial charge in [-0.2, -0.15) is 5.10 Å². The summed E-state index contributed by atoms with van der Waals surface area (Å²) in [6, 6.07) is 9.96. The molecule has 1 aromatic heterocycles. The van der Waals surface area contributed by atoms with E-state index in [1.165, 1.54) is 6.07 Å². The van der Waals surface area contributed by atoms with Gasteiger partial charge in [0, 0.05) is 19.0 Å². The highest BCUT2D eigenvalue weighted by Crippen LogP contribution is 2.18. The molecule has 1 amide bonds. The molecule has 120 valence electrons. The molecule has 1 fully saturated rings. The number of benzene rings is 1. The van der Waals surface area contributed by atoms with Gasteiger partial charge < -0.3 is 9.64 Å². The van der Waals surface area contributed by atoms with Gasteiger partial charge in [0.25, 0.3) is 0 Å². The van der Waals surface area contributed by atoms with Crippen molar-refractivity contribution in [2.45, 2.75) is 25.9 Å². The molecule has 1 aliphatic heterocycles. The summed E-state index contributed by atoms with van der Waals surface area (Å²) in [6.45, 7) is 2.95. The Morgan fingerprint density at radius 3 is 2.87 bits per heavy atom. The first-order valence-electron chi connectivity index (χ1n) is 7.60. The van der Waals surface area contributed by atoms with E-state index in [2.05, 4.69) is 10.2 Å². The summed E-state index contributed by atoms with van der Waals surface area (Å²) in [4.78, 5) is 14.0. The SMILES string of the molecule is Cc1ccc(OC2CCN(C(=O)Cc3ccccc3F)C2)nn1. The Balaban J connectivity index is 1.55. The fourth-order valence-corrected chi connectivity index (χ4v) is 2.59. The summed E-state index contributed by atoms with van der Waals surface area (Å²) >= 11 is 0. The topological polar surface area (TPSA) is 55.3 Å². The molecular weight excluding hydrogens is 297 g/mol. The zero-order valence-electron chi connectivity index (χ0n) is 12.9. The van der Waals surface area contributed by atoms with Crippen LogP contribution in [0.1, 0.15) is 17.7 Å². The van der Waals surface area contributed by atoms with Gasteiger partial charge in [0.1, 0.15) is 11.9 Å². The van der Waals surface area contributed by atoms with E-state index in [1.54, 1.807) is 29.2 Å². The Labute approximate surface area is 134 Å². The van der Waals surface area contributed by atoms with Gasteiger partial charge in [-0.3, -0.25) is 4.79 Å². The molecule has 1 saturated heterocycles. The van der Waals surface area contributed by atoms with Gasteiger partial charge >= 0.3 is 0 Å². The van der Waals surface area contributed by atoms with Gasteiger partial charge in [0.05, 0.1) is 18.7 Å². The monoisotopic (exact) mass is 315 g/mol. The number of aromatic nitrogens is 2. The number of ether oxygens (including phenoxy) is 1. The second-order valence-corrected chi connectivity index (χ2v) is 5.65. The molecule has 2 aromatic rings. The second-order valence-electron chi connectivity index (χ2n) is 5.65. The smallest absolute Gasteiger partial charge is 0.233 e. The van der Waals surface area contributed by atoms with E-state index >= 15 is 0 Å². The number of hydrogen-bond acceptors (Lipinski definition) is 4. The molecule has 0 aliphatic carbocycles. The molecule has 1 aliphatic rings. The fourth-order valence-electron chi connectivity index (χ4n) is 2.59. The van der Waals surface area contributed by atoms with Crippen LogP contribution in [0.5, 0.6) is 5.88 Å². The number of likely N-dealkylation sites (tertiary alicyclic amines) is 1. The van der Waals surface area contributed by atoms with Crippen molar-refractivity contribution in [3.05, 3.63) is 53.5 Å². The molecule has 5 nitrogen and oxygen atoms in total. The molecule has 2 heterocycles. The molecular formula is C17H18FN3O2. The van der Waals surface area contributed by atoms with Crippen LogP contribution in [0.2, 0.25) is 0 Å². The van der Waals surface area contributed by atoms with E-state index in [0.717, 1.165) is 12.1 Å². The number of amides is 1. The number of rotatable bonds is 4. The lowest BCUT2D eigenvalue weighted by molar-refractivity contribution is -0.129. The van der Waals surface area contributed by atoms with Crippen LogP contribution in [-0.2, 0) is 11.2 Å². The number of carbonyl (C=O) groups is 1. The first-order chi connectivity index (χ1) is 11.1. The molecule has 1 aromatic carbocycles. The number of nitrogens with zero attached hydrogens (tertiary/aromatic N) is 3. The van der Waals surface area contributed by atoms with Gasteiger partial charge in [-0.15, -0.1) is 5.10 Å². The van der Waals surface area contributed by atoms with E-state index in [0.29, 0.717) is 24.5 Å². The van der Waals surface area contributed by atoms with Crippen molar-refractivity contribution in [2.75, 3.05) is 13.1 Å². The number of hydrogen-bond donors (Lipinski definition) is 0. The zero-order chi connectivity index (χ0) is 16.2. The van der Waals surface area contributed by atoms with Crippen LogP contribution in [0, 0.1) is 12.7 Å². The van der Waals surface area contributed by atoms with Gasteiger partial charge in [-0.25, -0.2) is 4.39 Å². The molecule has 23 heavy (non-hydrogen) atoms. The van der Waals surface area contributed by atoms with Crippen molar-refractivity contribution in [3.63, 3.8) is 0 Å². The molecule has 0 saturated carbocycles. The van der Waals surface area contributed by atoms with Crippen LogP contribution in [0.3, 0.4) is 0 Å². The summed E-state index contributed by atoms with van der Waals surface area (Å²) in [6.07, 6.45) is 0.707. The molecule has 0 bridgehead atoms. The van der Waals surface area contributed by atoms with Crippen molar-refractivity contribution >= 4 is 5.91 Å². The molecule has 6 heteroatoms. The third-order valence-corrected chi connectivity index (χ3v) is 3.86. The van der Waals surface area contributed by atoms with Crippen LogP contribution < -0.4 is 4.74 Å². The number of carbonyl (C=O) groups excluding carboxylic acids is 1. The van der Waals surface area contributed by atoms with Gasteiger partial charge in [-0.05, 0) is 24.6 Å². The van der Waals surface area contributed by atoms with Crippen molar-refractivity contribution in [3.8, 4) is 5.88 Å². The summed E-state index contributed by atoms with van der Waals surface area (Å²) in [7, 11) is 0. The lowest BCUT2D eigenvalue weighted by Crippen LogP contribution is -2.32. The minimum Gasteiger partial charge on any atom is -0.471 e. The largest absolute Gasteiger partial charge is 0.471 e. The Morgan fingerprint density at radius 2 is 2.13 bits per heavy atom. The van der Waals surface area contributed by atoms with Crippen molar-refractivity contribution in [2.24, 2.45) is 0 Å². The molecule has 0 spiro atoms. The maximum atomic E-state index is 13.6. The summed E-state index contributed by atoms with van der Waals surface area (Å²) < 4.78 is 19.4. The minimum absolute atomic E-state index is 0.0731. The van der Waals surface area contributed by atoms with Gasteiger partial charge in [0.2, 0.25) is 11.8 Å². The lowest BCUT2D eigenvalue weighted by atomic mass is 10.1. The van der Waals surface area contributed by atoms with Gasteiger partial charge in [0.15, 0.2) is 0 Å². The predicted molar refractivity (Wildman–Crippen MR) is 82.5 cm³/mol. The van der Waals surface area contributed by atoms with E-state index < -0.39 is 0 Å². The molecule has 0 radical (unpaired) electrons. The van der Waals surface area contributed by atoms with Crippen molar-refractivity contribution in [1.29, 1.82) is 0 Å². The third-order valence-electron chi connectivity index (χ3n) is 3.86. The molecule has 0 N–H and O–H groups in total. The van der Waals surface area contributed by atoms with Crippen LogP contribution in [0.15, 0.2) is 36.4 Å². The Kier molecular flexibility index (Phi) is 4.50. The van der Waals surface area contributed by atoms with Crippen LogP contribution in [0.25, 0.3) is 0 Å². The number of aryl methyl sites for hydroxylation is 1. The van der Waals surface area contributed by atoms with E-state index in [4.69, 9.17) is 4.74 Å². The molecule has 1 atom stereocenters. The zero-order valence-corrected chi connectivity index (χ0v) is 12.9. The van der Waals surface area contributed by atoms with Crippen molar-refractivity contribution < 1.29 is 13.9 Å². The summed E-state index contributed by atoms with van der Waals surface area (Å²) in [5.41, 5.74) is 1.25.